The molecule has 0 spiro atoms. The molecule has 0 saturated carbocycles. The van der Waals surface area contributed by atoms with Gasteiger partial charge in [0.2, 0.25) is 11.8 Å². The number of amides is 2. The van der Waals surface area contributed by atoms with Crippen LogP contribution < -0.4 is 30.2 Å². The van der Waals surface area contributed by atoms with Gasteiger partial charge in [-0.05, 0) is 42.8 Å². The molecule has 0 saturated heterocycles. The first kappa shape index (κ1) is 25.0. The van der Waals surface area contributed by atoms with Crippen molar-refractivity contribution in [2.24, 2.45) is 5.73 Å². The molecule has 1 aliphatic rings. The van der Waals surface area contributed by atoms with E-state index in [1.165, 1.54) is 11.8 Å². The minimum absolute atomic E-state index is 0.0411. The third kappa shape index (κ3) is 6.46. The third-order valence-corrected chi connectivity index (χ3v) is 5.25. The first-order chi connectivity index (χ1) is 16.3. The van der Waals surface area contributed by atoms with E-state index in [9.17, 15) is 19.5 Å². The molecule has 0 fully saturated rings. The maximum absolute atomic E-state index is 12.1. The molecule has 1 atom stereocenters. The second-order valence-electron chi connectivity index (χ2n) is 7.84. The van der Waals surface area contributed by atoms with Crippen LogP contribution >= 0.6 is 0 Å². The van der Waals surface area contributed by atoms with Crippen molar-refractivity contribution < 1.29 is 33.7 Å². The Morgan fingerprint density at radius 3 is 2.50 bits per heavy atom. The van der Waals surface area contributed by atoms with Gasteiger partial charge in [0.1, 0.15) is 30.8 Å². The van der Waals surface area contributed by atoms with E-state index < -0.39 is 18.0 Å². The van der Waals surface area contributed by atoms with Gasteiger partial charge in [-0.25, -0.2) is 0 Å². The summed E-state index contributed by atoms with van der Waals surface area (Å²) in [5, 5.41) is 13.4. The number of fused-ring (bicyclic) bond motifs is 1. The third-order valence-electron chi connectivity index (χ3n) is 5.25. The van der Waals surface area contributed by atoms with E-state index in [0.717, 1.165) is 5.56 Å². The summed E-state index contributed by atoms with van der Waals surface area (Å²) in [4.78, 5) is 36.1. The van der Waals surface area contributed by atoms with Crippen molar-refractivity contribution in [3.8, 4) is 17.2 Å². The van der Waals surface area contributed by atoms with Gasteiger partial charge in [-0.15, -0.1) is 0 Å². The molecule has 182 valence electrons. The Morgan fingerprint density at radius 1 is 1.12 bits per heavy atom. The van der Waals surface area contributed by atoms with Crippen molar-refractivity contribution >= 4 is 23.5 Å². The normalized spacial score (nSPS) is 13.7. The topological polar surface area (TPSA) is 140 Å². The zero-order valence-electron chi connectivity index (χ0n) is 19.2. The maximum atomic E-state index is 12.1. The largest absolute Gasteiger partial charge is 0.492 e. The second-order valence-corrected chi connectivity index (χ2v) is 7.84. The lowest BCUT2D eigenvalue weighted by atomic mass is 9.99. The molecule has 34 heavy (non-hydrogen) atoms. The van der Waals surface area contributed by atoms with Crippen LogP contribution in [0, 0.1) is 0 Å². The molecule has 10 nitrogen and oxygen atoms in total. The number of esters is 1. The van der Waals surface area contributed by atoms with Gasteiger partial charge < -0.3 is 35.3 Å². The van der Waals surface area contributed by atoms with E-state index in [0.29, 0.717) is 54.5 Å². The number of aliphatic hydroxyl groups is 1. The van der Waals surface area contributed by atoms with Gasteiger partial charge in [-0.2, -0.15) is 0 Å². The fraction of sp³-hybridized carbons (Fsp3) is 0.375. The number of anilines is 1. The number of nitrogens with two attached hydrogens (primary N) is 1. The zero-order chi connectivity index (χ0) is 24.7. The lowest BCUT2D eigenvalue weighted by Gasteiger charge is -2.29. The number of primary amides is 1. The monoisotopic (exact) mass is 471 g/mol. The number of carbonyl (C=O) groups is 3. The molecule has 1 unspecified atom stereocenters. The Kier molecular flexibility index (Phi) is 8.44. The van der Waals surface area contributed by atoms with Crippen molar-refractivity contribution in [3.05, 3.63) is 47.5 Å². The van der Waals surface area contributed by atoms with Crippen LogP contribution in [0.4, 0.5) is 5.69 Å². The quantitative estimate of drug-likeness (QED) is 0.251. The number of rotatable bonds is 11. The molecule has 2 amide bonds. The Bertz CT molecular complexity index is 1040. The first-order valence-electron chi connectivity index (χ1n) is 10.9. The SMILES string of the molecule is CC(=O)Oc1ccc(OCC(O)CNCCOc2ccc(C(N)=O)cc2)c2c1N(C)C(=O)CC2. The average molecular weight is 472 g/mol. The van der Waals surface area contributed by atoms with Crippen molar-refractivity contribution in [1.29, 1.82) is 0 Å². The maximum Gasteiger partial charge on any atom is 0.308 e. The number of carbonyl (C=O) groups excluding carboxylic acids is 3. The van der Waals surface area contributed by atoms with Crippen molar-refractivity contribution in [2.45, 2.75) is 25.9 Å². The van der Waals surface area contributed by atoms with Crippen LogP contribution in [0.3, 0.4) is 0 Å². The van der Waals surface area contributed by atoms with Crippen LogP contribution in [0.15, 0.2) is 36.4 Å². The van der Waals surface area contributed by atoms with Gasteiger partial charge in [0.25, 0.3) is 0 Å². The van der Waals surface area contributed by atoms with Gasteiger partial charge in [-0.1, -0.05) is 0 Å². The number of benzene rings is 2. The molecule has 1 heterocycles. The molecular weight excluding hydrogens is 442 g/mol. The smallest absolute Gasteiger partial charge is 0.308 e. The minimum Gasteiger partial charge on any atom is -0.492 e. The van der Waals surface area contributed by atoms with Gasteiger partial charge in [0, 0.05) is 44.6 Å². The summed E-state index contributed by atoms with van der Waals surface area (Å²) in [5.74, 6) is 0.402. The summed E-state index contributed by atoms with van der Waals surface area (Å²) in [6.07, 6.45) is -0.00467. The summed E-state index contributed by atoms with van der Waals surface area (Å²) in [6, 6.07) is 9.79. The molecule has 2 aromatic carbocycles. The summed E-state index contributed by atoms with van der Waals surface area (Å²) in [6.45, 7) is 2.49. The van der Waals surface area contributed by atoms with E-state index in [4.69, 9.17) is 19.9 Å². The van der Waals surface area contributed by atoms with E-state index in [1.54, 1.807) is 43.4 Å². The highest BCUT2D eigenvalue weighted by Gasteiger charge is 2.28. The Balaban J connectivity index is 1.47. The van der Waals surface area contributed by atoms with Crippen LogP contribution in [0.5, 0.6) is 17.2 Å². The van der Waals surface area contributed by atoms with E-state index in [-0.39, 0.29) is 19.1 Å². The van der Waals surface area contributed by atoms with Gasteiger partial charge in [0.05, 0.1) is 5.69 Å². The Labute approximate surface area is 197 Å². The van der Waals surface area contributed by atoms with Crippen LogP contribution in [0.2, 0.25) is 0 Å². The van der Waals surface area contributed by atoms with E-state index in [1.807, 2.05) is 0 Å². The number of hydrogen-bond donors (Lipinski definition) is 3. The summed E-state index contributed by atoms with van der Waals surface area (Å²) in [7, 11) is 1.63. The first-order valence-corrected chi connectivity index (χ1v) is 10.9. The van der Waals surface area contributed by atoms with E-state index >= 15 is 0 Å². The summed E-state index contributed by atoms with van der Waals surface area (Å²) in [5.41, 5.74) is 6.89. The highest BCUT2D eigenvalue weighted by molar-refractivity contribution is 5.98. The number of aliphatic hydroxyl groups excluding tert-OH is 1. The molecule has 3 rings (SSSR count). The molecule has 10 heteroatoms. The molecule has 2 aromatic rings. The predicted molar refractivity (Wildman–Crippen MR) is 124 cm³/mol. The fourth-order valence-corrected chi connectivity index (χ4v) is 3.57. The summed E-state index contributed by atoms with van der Waals surface area (Å²) >= 11 is 0. The van der Waals surface area contributed by atoms with Crippen LogP contribution in [0.25, 0.3) is 0 Å². The van der Waals surface area contributed by atoms with Gasteiger partial charge >= 0.3 is 5.97 Å². The molecule has 0 radical (unpaired) electrons. The van der Waals surface area contributed by atoms with Crippen LogP contribution in [0.1, 0.15) is 29.3 Å². The molecule has 0 aliphatic carbocycles. The lowest BCUT2D eigenvalue weighted by Crippen LogP contribution is -2.34. The second kappa shape index (κ2) is 11.5. The lowest BCUT2D eigenvalue weighted by molar-refractivity contribution is -0.132. The number of nitrogens with one attached hydrogen (secondary N) is 1. The van der Waals surface area contributed by atoms with Crippen molar-refractivity contribution in [1.82, 2.24) is 5.32 Å². The van der Waals surface area contributed by atoms with Crippen LogP contribution in [-0.4, -0.2) is 62.3 Å². The Morgan fingerprint density at radius 2 is 1.82 bits per heavy atom. The van der Waals surface area contributed by atoms with Crippen molar-refractivity contribution in [3.63, 3.8) is 0 Å². The Hall–Kier alpha value is -3.63. The molecular formula is C24H29N3O7. The fourth-order valence-electron chi connectivity index (χ4n) is 3.57. The highest BCUT2D eigenvalue weighted by Crippen LogP contribution is 2.41. The average Bonchev–Trinajstić information content (AvgIpc) is 2.80. The zero-order valence-corrected chi connectivity index (χ0v) is 19.2. The van der Waals surface area contributed by atoms with Crippen LogP contribution in [-0.2, 0) is 16.0 Å². The molecule has 0 bridgehead atoms. The minimum atomic E-state index is -0.776. The number of nitrogens with zero attached hydrogens (tertiary/aromatic N) is 1. The molecule has 4 N–H and O–H groups in total. The standard InChI is InChI=1S/C24H29N3O7/c1-15(28)34-21-9-8-20(19-7-10-22(30)27(2)23(19)21)33-14-17(29)13-26-11-12-32-18-5-3-16(4-6-18)24(25)31/h3-6,8-9,17,26,29H,7,10-14H2,1-2H3,(H2,25,31). The number of ether oxygens (including phenoxy) is 3. The van der Waals surface area contributed by atoms with Gasteiger partial charge in [-0.3, -0.25) is 14.4 Å². The van der Waals surface area contributed by atoms with Crippen molar-refractivity contribution in [2.75, 3.05) is 38.3 Å². The van der Waals surface area contributed by atoms with Gasteiger partial charge in [0.15, 0.2) is 5.75 Å². The number of hydrogen-bond acceptors (Lipinski definition) is 8. The highest BCUT2D eigenvalue weighted by atomic mass is 16.5. The molecule has 1 aliphatic heterocycles. The van der Waals surface area contributed by atoms with E-state index in [2.05, 4.69) is 5.32 Å². The predicted octanol–water partition coefficient (Wildman–Crippen LogP) is 1.03. The summed E-state index contributed by atoms with van der Waals surface area (Å²) < 4.78 is 16.7. The molecule has 0 aromatic heterocycles.